The number of carbonyl (C=O) groups excluding carboxylic acids is 1. The Hall–Kier alpha value is -0.710. The Bertz CT molecular complexity index is 266. The van der Waals surface area contributed by atoms with Crippen molar-refractivity contribution in [1.29, 1.82) is 0 Å². The number of thiol groups is 1. The minimum Gasteiger partial charge on any atom is -0.444 e. The summed E-state index contributed by atoms with van der Waals surface area (Å²) in [6, 6.07) is 0. The molecule has 1 aliphatic heterocycles. The van der Waals surface area contributed by atoms with Gasteiger partial charge in [-0.2, -0.15) is 0 Å². The molecule has 1 aliphatic rings. The van der Waals surface area contributed by atoms with Crippen molar-refractivity contribution in [3.8, 4) is 0 Å². The molecule has 0 spiro atoms. The number of amides is 1. The molecular weight excluding hydrogens is 224 g/mol. The van der Waals surface area contributed by atoms with E-state index < -0.39 is 5.60 Å². The van der Waals surface area contributed by atoms with Crippen LogP contribution in [0.4, 0.5) is 4.79 Å². The van der Waals surface area contributed by atoms with Crippen LogP contribution in [0.3, 0.4) is 0 Å². The van der Waals surface area contributed by atoms with Gasteiger partial charge in [-0.05, 0) is 52.3 Å². The lowest BCUT2D eigenvalue weighted by Gasteiger charge is -2.32. The van der Waals surface area contributed by atoms with Crippen molar-refractivity contribution in [3.63, 3.8) is 0 Å². The van der Waals surface area contributed by atoms with Crippen LogP contribution < -0.4 is 0 Å². The molecule has 0 aliphatic carbocycles. The molecule has 1 fully saturated rings. The van der Waals surface area contributed by atoms with Crippen molar-refractivity contribution >= 4 is 25.1 Å². The van der Waals surface area contributed by atoms with Crippen LogP contribution in [0.1, 0.15) is 33.6 Å². The fourth-order valence-electron chi connectivity index (χ4n) is 1.65. The standard InChI is InChI=1S/C11H20N2O2S/c1-11(2,3)15-10(14)13-6-4-9(5-7-13)8-12-16/h8-9,16H,4-7H2,1-3H3/b12-8+. The summed E-state index contributed by atoms with van der Waals surface area (Å²) in [5, 5.41) is 0. The molecule has 0 radical (unpaired) electrons. The molecule has 0 aromatic carbocycles. The number of nitrogens with zero attached hydrogens (tertiary/aromatic N) is 2. The van der Waals surface area contributed by atoms with E-state index in [1.807, 2.05) is 27.0 Å². The molecule has 16 heavy (non-hydrogen) atoms. The van der Waals surface area contributed by atoms with Gasteiger partial charge in [0.25, 0.3) is 0 Å². The Morgan fingerprint density at radius 2 is 2.00 bits per heavy atom. The highest BCUT2D eigenvalue weighted by atomic mass is 32.1. The summed E-state index contributed by atoms with van der Waals surface area (Å²) in [6.45, 7) is 7.11. The zero-order chi connectivity index (χ0) is 12.2. The van der Waals surface area contributed by atoms with Crippen LogP contribution in [0.5, 0.6) is 0 Å². The number of piperidine rings is 1. The highest BCUT2D eigenvalue weighted by Gasteiger charge is 2.25. The third-order valence-electron chi connectivity index (χ3n) is 2.47. The highest BCUT2D eigenvalue weighted by molar-refractivity contribution is 7.78. The Morgan fingerprint density at radius 3 is 2.44 bits per heavy atom. The van der Waals surface area contributed by atoms with E-state index in [0.717, 1.165) is 25.9 Å². The maximum atomic E-state index is 11.7. The number of ether oxygens (including phenoxy) is 1. The topological polar surface area (TPSA) is 41.9 Å². The summed E-state index contributed by atoms with van der Waals surface area (Å²) >= 11 is 3.81. The van der Waals surface area contributed by atoms with Crippen LogP contribution >= 0.6 is 12.8 Å². The number of carbonyl (C=O) groups is 1. The van der Waals surface area contributed by atoms with Gasteiger partial charge in [0, 0.05) is 19.3 Å². The maximum Gasteiger partial charge on any atom is 0.410 e. The predicted molar refractivity (Wildman–Crippen MR) is 68.0 cm³/mol. The molecule has 5 heteroatoms. The second kappa shape index (κ2) is 5.57. The average molecular weight is 244 g/mol. The van der Waals surface area contributed by atoms with Gasteiger partial charge >= 0.3 is 6.09 Å². The van der Waals surface area contributed by atoms with Gasteiger partial charge in [0.2, 0.25) is 0 Å². The summed E-state index contributed by atoms with van der Waals surface area (Å²) in [4.78, 5) is 13.5. The lowest BCUT2D eigenvalue weighted by molar-refractivity contribution is 0.0203. The first-order valence-electron chi connectivity index (χ1n) is 5.58. The van der Waals surface area contributed by atoms with Crippen molar-refractivity contribution in [1.82, 2.24) is 4.90 Å². The van der Waals surface area contributed by atoms with E-state index in [4.69, 9.17) is 4.74 Å². The zero-order valence-electron chi connectivity index (χ0n) is 10.1. The molecule has 1 amide bonds. The Labute approximate surface area is 103 Å². The van der Waals surface area contributed by atoms with Gasteiger partial charge in [-0.1, -0.05) is 0 Å². The van der Waals surface area contributed by atoms with E-state index in [2.05, 4.69) is 17.2 Å². The zero-order valence-corrected chi connectivity index (χ0v) is 11.0. The molecule has 0 N–H and O–H groups in total. The van der Waals surface area contributed by atoms with Crippen LogP contribution in [0.25, 0.3) is 0 Å². The van der Waals surface area contributed by atoms with Gasteiger partial charge in [-0.15, -0.1) is 0 Å². The SMILES string of the molecule is CC(C)(C)OC(=O)N1CCC(/C=N/S)CC1. The average Bonchev–Trinajstić information content (AvgIpc) is 2.16. The number of likely N-dealkylation sites (tertiary alicyclic amines) is 1. The second-order valence-corrected chi connectivity index (χ2v) is 5.30. The van der Waals surface area contributed by atoms with Crippen molar-refractivity contribution in [2.45, 2.75) is 39.2 Å². The first-order chi connectivity index (χ1) is 7.42. The largest absolute Gasteiger partial charge is 0.444 e. The van der Waals surface area contributed by atoms with Crippen molar-refractivity contribution in [2.24, 2.45) is 10.3 Å². The van der Waals surface area contributed by atoms with Gasteiger partial charge in [-0.25, -0.2) is 9.19 Å². The second-order valence-electron chi connectivity index (χ2n) is 5.07. The van der Waals surface area contributed by atoms with E-state index in [0.29, 0.717) is 5.92 Å². The quantitative estimate of drug-likeness (QED) is 0.569. The third kappa shape index (κ3) is 4.43. The fourth-order valence-corrected chi connectivity index (χ4v) is 1.84. The molecule has 0 bridgehead atoms. The number of rotatable bonds is 1. The highest BCUT2D eigenvalue weighted by Crippen LogP contribution is 2.18. The smallest absolute Gasteiger partial charge is 0.410 e. The van der Waals surface area contributed by atoms with Crippen LogP contribution in [0, 0.1) is 5.92 Å². The Balaban J connectivity index is 2.39. The normalized spacial score (nSPS) is 19.1. The van der Waals surface area contributed by atoms with Gasteiger partial charge in [0.05, 0.1) is 0 Å². The lowest BCUT2D eigenvalue weighted by Crippen LogP contribution is -2.41. The Morgan fingerprint density at radius 1 is 1.44 bits per heavy atom. The number of hydrogen-bond donors (Lipinski definition) is 1. The minimum absolute atomic E-state index is 0.214. The van der Waals surface area contributed by atoms with Crippen LogP contribution in [0.2, 0.25) is 0 Å². The maximum absolute atomic E-state index is 11.7. The molecule has 0 saturated carbocycles. The van der Waals surface area contributed by atoms with Crippen LogP contribution in [-0.2, 0) is 4.74 Å². The van der Waals surface area contributed by atoms with E-state index in [9.17, 15) is 4.79 Å². The summed E-state index contributed by atoms with van der Waals surface area (Å²) in [5.41, 5.74) is -0.416. The van der Waals surface area contributed by atoms with Crippen molar-refractivity contribution in [3.05, 3.63) is 0 Å². The Kier molecular flexibility index (Phi) is 4.65. The number of hydrogen-bond acceptors (Lipinski definition) is 4. The molecule has 0 aromatic rings. The summed E-state index contributed by atoms with van der Waals surface area (Å²) in [6.07, 6.45) is 3.50. The molecule has 0 atom stereocenters. The molecule has 1 saturated heterocycles. The summed E-state index contributed by atoms with van der Waals surface area (Å²) in [5.74, 6) is 0.441. The fraction of sp³-hybridized carbons (Fsp3) is 0.818. The van der Waals surface area contributed by atoms with Crippen molar-refractivity contribution in [2.75, 3.05) is 13.1 Å². The monoisotopic (exact) mass is 244 g/mol. The van der Waals surface area contributed by atoms with E-state index >= 15 is 0 Å². The molecule has 92 valence electrons. The molecule has 0 aromatic heterocycles. The predicted octanol–water partition coefficient (Wildman–Crippen LogP) is 2.55. The van der Waals surface area contributed by atoms with Crippen molar-refractivity contribution < 1.29 is 9.53 Å². The van der Waals surface area contributed by atoms with Gasteiger partial charge in [-0.3, -0.25) is 0 Å². The van der Waals surface area contributed by atoms with E-state index in [1.165, 1.54) is 0 Å². The summed E-state index contributed by atoms with van der Waals surface area (Å²) < 4.78 is 9.03. The van der Waals surface area contributed by atoms with Gasteiger partial charge in [0.1, 0.15) is 5.60 Å². The molecule has 0 unspecified atom stereocenters. The molecule has 1 rings (SSSR count). The third-order valence-corrected chi connectivity index (χ3v) is 2.60. The first kappa shape index (κ1) is 13.4. The van der Waals surface area contributed by atoms with Crippen LogP contribution in [0.15, 0.2) is 4.40 Å². The molecule has 1 heterocycles. The van der Waals surface area contributed by atoms with Gasteiger partial charge in [0.15, 0.2) is 0 Å². The first-order valence-corrected chi connectivity index (χ1v) is 5.98. The van der Waals surface area contributed by atoms with E-state index in [1.54, 1.807) is 4.90 Å². The van der Waals surface area contributed by atoms with Crippen LogP contribution in [-0.4, -0.2) is 35.9 Å². The minimum atomic E-state index is -0.416. The van der Waals surface area contributed by atoms with E-state index in [-0.39, 0.29) is 6.09 Å². The summed E-state index contributed by atoms with van der Waals surface area (Å²) in [7, 11) is 0. The van der Waals surface area contributed by atoms with Gasteiger partial charge < -0.3 is 9.64 Å². The molecular formula is C11H20N2O2S. The lowest BCUT2D eigenvalue weighted by atomic mass is 9.99. The molecule has 4 nitrogen and oxygen atoms in total.